The first-order valence-corrected chi connectivity index (χ1v) is 5.70. The van der Waals surface area contributed by atoms with Gasteiger partial charge in [-0.25, -0.2) is 4.39 Å². The highest BCUT2D eigenvalue weighted by atomic mass is 32.2. The highest BCUT2D eigenvalue weighted by Gasteiger charge is 2.07. The molecule has 0 aliphatic heterocycles. The Bertz CT molecular complexity index is 299. The predicted octanol–water partition coefficient (Wildman–Crippen LogP) is 2.73. The Kier molecular flexibility index (Phi) is 4.09. The van der Waals surface area contributed by atoms with Crippen molar-refractivity contribution in [3.05, 3.63) is 30.1 Å². The molecule has 0 radical (unpaired) electrons. The van der Waals surface area contributed by atoms with Crippen LogP contribution in [0.15, 0.2) is 29.2 Å². The summed E-state index contributed by atoms with van der Waals surface area (Å²) in [6, 6.07) is 6.25. The lowest BCUT2D eigenvalue weighted by molar-refractivity contribution is 0.595. The molecule has 0 aliphatic rings. The minimum absolute atomic E-state index is 0.330. The summed E-state index contributed by atoms with van der Waals surface area (Å²) in [7, 11) is -1.17. The fourth-order valence-corrected chi connectivity index (χ4v) is 2.30. The maximum absolute atomic E-state index is 13.1. The number of benzene rings is 1. The lowest BCUT2D eigenvalue weighted by atomic mass is 10.3. The van der Waals surface area contributed by atoms with Crippen molar-refractivity contribution in [2.45, 2.75) is 24.7 Å². The van der Waals surface area contributed by atoms with Gasteiger partial charge in [0.2, 0.25) is 0 Å². The molecule has 13 heavy (non-hydrogen) atoms. The average molecular weight is 200 g/mol. The smallest absolute Gasteiger partial charge is 0.139 e. The monoisotopic (exact) mass is 200 g/mol. The van der Waals surface area contributed by atoms with Gasteiger partial charge in [-0.15, -0.1) is 0 Å². The number of rotatable bonds is 4. The third-order valence-corrected chi connectivity index (χ3v) is 3.25. The molecule has 1 rings (SSSR count). The zero-order valence-electron chi connectivity index (χ0n) is 7.63. The van der Waals surface area contributed by atoms with Crippen molar-refractivity contribution in [3.63, 3.8) is 0 Å². The normalized spacial score (nSPS) is 12.8. The zero-order chi connectivity index (χ0) is 9.68. The number of unbranched alkanes of at least 4 members (excludes halogenated alkanes) is 1. The maximum atomic E-state index is 13.1. The summed E-state index contributed by atoms with van der Waals surface area (Å²) >= 11 is 0. The molecule has 0 saturated carbocycles. The molecule has 0 aliphatic carbocycles. The van der Waals surface area contributed by atoms with E-state index in [9.17, 15) is 8.60 Å². The van der Waals surface area contributed by atoms with Crippen molar-refractivity contribution in [1.29, 1.82) is 0 Å². The summed E-state index contributed by atoms with van der Waals surface area (Å²) in [6.07, 6.45) is 1.86. The fraction of sp³-hybridized carbons (Fsp3) is 0.400. The molecule has 1 nitrogen and oxygen atoms in total. The van der Waals surface area contributed by atoms with E-state index in [2.05, 4.69) is 0 Å². The predicted molar refractivity (Wildman–Crippen MR) is 52.6 cm³/mol. The van der Waals surface area contributed by atoms with Gasteiger partial charge in [0.1, 0.15) is 5.82 Å². The Hall–Kier alpha value is -0.700. The van der Waals surface area contributed by atoms with Crippen LogP contribution in [-0.4, -0.2) is 9.96 Å². The first-order valence-electron chi connectivity index (χ1n) is 4.38. The lowest BCUT2D eigenvalue weighted by Crippen LogP contribution is -2.00. The summed E-state index contributed by atoms with van der Waals surface area (Å²) in [6.45, 7) is 2.03. The third kappa shape index (κ3) is 2.92. The minimum atomic E-state index is -1.17. The van der Waals surface area contributed by atoms with Gasteiger partial charge in [-0.05, 0) is 18.6 Å². The van der Waals surface area contributed by atoms with Crippen molar-refractivity contribution in [3.8, 4) is 0 Å². The second-order valence-corrected chi connectivity index (χ2v) is 4.37. The van der Waals surface area contributed by atoms with Crippen LogP contribution in [0.2, 0.25) is 0 Å². The molecule has 72 valence electrons. The Morgan fingerprint density at radius 2 is 2.08 bits per heavy atom. The molecular formula is C10H13FOS. The summed E-state index contributed by atoms with van der Waals surface area (Å²) in [5.74, 6) is 0.189. The first-order chi connectivity index (χ1) is 6.25. The molecule has 1 atom stereocenters. The van der Waals surface area contributed by atoms with Crippen LogP contribution in [0.3, 0.4) is 0 Å². The second-order valence-electron chi connectivity index (χ2n) is 2.83. The minimum Gasteiger partial charge on any atom is -0.254 e. The molecule has 0 amide bonds. The highest BCUT2D eigenvalue weighted by Crippen LogP contribution is 2.12. The molecule has 1 aromatic carbocycles. The number of hydrogen-bond acceptors (Lipinski definition) is 1. The van der Waals surface area contributed by atoms with E-state index in [1.807, 2.05) is 6.92 Å². The van der Waals surface area contributed by atoms with Gasteiger partial charge in [0.05, 0.1) is 15.7 Å². The number of halogens is 1. The molecule has 0 saturated heterocycles. The molecule has 0 heterocycles. The van der Waals surface area contributed by atoms with Gasteiger partial charge in [0, 0.05) is 5.75 Å². The van der Waals surface area contributed by atoms with Crippen LogP contribution in [0, 0.1) is 5.82 Å². The molecule has 1 unspecified atom stereocenters. The largest absolute Gasteiger partial charge is 0.254 e. The standard InChI is InChI=1S/C10H13FOS/c1-2-3-8-13(12)10-7-5-4-6-9(10)11/h4-7H,2-3,8H2,1H3. The van der Waals surface area contributed by atoms with Crippen LogP contribution < -0.4 is 0 Å². The van der Waals surface area contributed by atoms with Crippen LogP contribution in [0.4, 0.5) is 4.39 Å². The maximum Gasteiger partial charge on any atom is 0.139 e. The lowest BCUT2D eigenvalue weighted by Gasteiger charge is -2.01. The average Bonchev–Trinajstić information content (AvgIpc) is 2.15. The molecule has 0 bridgehead atoms. The van der Waals surface area contributed by atoms with E-state index in [0.717, 1.165) is 12.8 Å². The Balaban J connectivity index is 2.71. The van der Waals surface area contributed by atoms with Crippen LogP contribution in [-0.2, 0) is 10.8 Å². The van der Waals surface area contributed by atoms with Crippen LogP contribution in [0.25, 0.3) is 0 Å². The van der Waals surface area contributed by atoms with E-state index in [4.69, 9.17) is 0 Å². The van der Waals surface area contributed by atoms with Gasteiger partial charge in [-0.3, -0.25) is 4.21 Å². The second kappa shape index (κ2) is 5.12. The van der Waals surface area contributed by atoms with Gasteiger partial charge in [-0.2, -0.15) is 0 Å². The molecular weight excluding hydrogens is 187 g/mol. The van der Waals surface area contributed by atoms with Gasteiger partial charge in [0.25, 0.3) is 0 Å². The van der Waals surface area contributed by atoms with E-state index in [1.54, 1.807) is 18.2 Å². The van der Waals surface area contributed by atoms with Gasteiger partial charge >= 0.3 is 0 Å². The molecule has 3 heteroatoms. The Labute approximate surface area is 80.4 Å². The Morgan fingerprint density at radius 1 is 1.38 bits per heavy atom. The molecule has 0 N–H and O–H groups in total. The third-order valence-electron chi connectivity index (χ3n) is 1.77. The van der Waals surface area contributed by atoms with Gasteiger partial charge in [0.15, 0.2) is 0 Å². The zero-order valence-corrected chi connectivity index (χ0v) is 8.44. The van der Waals surface area contributed by atoms with Gasteiger partial charge < -0.3 is 0 Å². The summed E-state index contributed by atoms with van der Waals surface area (Å²) in [5.41, 5.74) is 0. The number of hydrogen-bond donors (Lipinski definition) is 0. The van der Waals surface area contributed by atoms with E-state index >= 15 is 0 Å². The SMILES string of the molecule is CCCCS(=O)c1ccccc1F. The van der Waals surface area contributed by atoms with Crippen molar-refractivity contribution in [2.75, 3.05) is 5.75 Å². The van der Waals surface area contributed by atoms with Gasteiger partial charge in [-0.1, -0.05) is 25.5 Å². The molecule has 0 spiro atoms. The van der Waals surface area contributed by atoms with E-state index in [1.165, 1.54) is 6.07 Å². The molecule has 0 fully saturated rings. The summed E-state index contributed by atoms with van der Waals surface area (Å²) in [5, 5.41) is 0. The highest BCUT2D eigenvalue weighted by molar-refractivity contribution is 7.85. The van der Waals surface area contributed by atoms with Crippen molar-refractivity contribution >= 4 is 10.8 Å². The van der Waals surface area contributed by atoms with Crippen molar-refractivity contribution in [1.82, 2.24) is 0 Å². The summed E-state index contributed by atoms with van der Waals surface area (Å²) < 4.78 is 24.6. The molecule has 1 aromatic rings. The first kappa shape index (κ1) is 10.4. The molecule has 0 aromatic heterocycles. The Morgan fingerprint density at radius 3 is 2.69 bits per heavy atom. The van der Waals surface area contributed by atoms with E-state index in [-0.39, 0.29) is 5.82 Å². The summed E-state index contributed by atoms with van der Waals surface area (Å²) in [4.78, 5) is 0.330. The van der Waals surface area contributed by atoms with E-state index in [0.29, 0.717) is 10.6 Å². The quantitative estimate of drug-likeness (QED) is 0.730. The fourth-order valence-electron chi connectivity index (χ4n) is 1.01. The van der Waals surface area contributed by atoms with Crippen LogP contribution in [0.5, 0.6) is 0 Å². The van der Waals surface area contributed by atoms with Crippen molar-refractivity contribution < 1.29 is 8.60 Å². The van der Waals surface area contributed by atoms with Crippen LogP contribution in [0.1, 0.15) is 19.8 Å². The topological polar surface area (TPSA) is 17.1 Å². The van der Waals surface area contributed by atoms with E-state index < -0.39 is 10.8 Å². The van der Waals surface area contributed by atoms with Crippen LogP contribution >= 0.6 is 0 Å². The van der Waals surface area contributed by atoms with Crippen molar-refractivity contribution in [2.24, 2.45) is 0 Å².